The molecule has 0 aliphatic rings. The number of aryl methyl sites for hydroxylation is 2. The summed E-state index contributed by atoms with van der Waals surface area (Å²) in [6.07, 6.45) is 3.82. The molecule has 0 bridgehead atoms. The van der Waals surface area contributed by atoms with Crippen LogP contribution in [0.1, 0.15) is 21.6 Å². The first-order valence-corrected chi connectivity index (χ1v) is 8.42. The van der Waals surface area contributed by atoms with Gasteiger partial charge in [-0.2, -0.15) is 0 Å². The van der Waals surface area contributed by atoms with Crippen molar-refractivity contribution in [3.63, 3.8) is 0 Å². The number of hydrogen-bond acceptors (Lipinski definition) is 3. The van der Waals surface area contributed by atoms with E-state index in [1.54, 1.807) is 6.20 Å². The molecule has 0 saturated carbocycles. The second-order valence-corrected chi connectivity index (χ2v) is 6.69. The maximum atomic E-state index is 12.5. The van der Waals surface area contributed by atoms with Crippen molar-refractivity contribution in [1.82, 2.24) is 14.5 Å². The van der Waals surface area contributed by atoms with E-state index in [4.69, 9.17) is 0 Å². The van der Waals surface area contributed by atoms with Crippen LogP contribution in [0.3, 0.4) is 0 Å². The van der Waals surface area contributed by atoms with Gasteiger partial charge >= 0.3 is 0 Å². The molecule has 1 aromatic carbocycles. The fourth-order valence-electron chi connectivity index (χ4n) is 2.71. The SMILES string of the molecule is Cc1cnc(C(=O)Nc2ccc3ccn(CCN(C)C)c3c2)cc1C. The monoisotopic (exact) mass is 336 g/mol. The Hall–Kier alpha value is -2.66. The average Bonchev–Trinajstić information content (AvgIpc) is 2.97. The van der Waals surface area contributed by atoms with E-state index in [1.165, 1.54) is 5.39 Å². The van der Waals surface area contributed by atoms with Crippen molar-refractivity contribution in [1.29, 1.82) is 0 Å². The first-order valence-electron chi connectivity index (χ1n) is 8.42. The van der Waals surface area contributed by atoms with Gasteiger partial charge in [0.1, 0.15) is 5.69 Å². The zero-order chi connectivity index (χ0) is 18.0. The van der Waals surface area contributed by atoms with Crippen LogP contribution in [-0.4, -0.2) is 41.0 Å². The molecule has 130 valence electrons. The molecule has 25 heavy (non-hydrogen) atoms. The Morgan fingerprint density at radius 3 is 2.68 bits per heavy atom. The van der Waals surface area contributed by atoms with Crippen LogP contribution in [0.15, 0.2) is 42.7 Å². The number of aromatic nitrogens is 2. The van der Waals surface area contributed by atoms with Gasteiger partial charge in [0.25, 0.3) is 5.91 Å². The summed E-state index contributed by atoms with van der Waals surface area (Å²) < 4.78 is 2.21. The van der Waals surface area contributed by atoms with Crippen LogP contribution in [0.5, 0.6) is 0 Å². The number of rotatable bonds is 5. The molecule has 2 heterocycles. The minimum Gasteiger partial charge on any atom is -0.346 e. The normalized spacial score (nSPS) is 11.2. The first kappa shape index (κ1) is 17.2. The fraction of sp³-hybridized carbons (Fsp3) is 0.300. The highest BCUT2D eigenvalue weighted by atomic mass is 16.1. The quantitative estimate of drug-likeness (QED) is 0.776. The summed E-state index contributed by atoms with van der Waals surface area (Å²) in [5.74, 6) is -0.186. The van der Waals surface area contributed by atoms with Gasteiger partial charge < -0.3 is 14.8 Å². The Bertz CT molecular complexity index is 911. The first-order chi connectivity index (χ1) is 11.9. The lowest BCUT2D eigenvalue weighted by Crippen LogP contribution is -2.18. The van der Waals surface area contributed by atoms with Gasteiger partial charge in [-0.15, -0.1) is 0 Å². The Morgan fingerprint density at radius 1 is 1.16 bits per heavy atom. The molecule has 2 aromatic heterocycles. The second-order valence-electron chi connectivity index (χ2n) is 6.69. The van der Waals surface area contributed by atoms with Crippen LogP contribution in [0.2, 0.25) is 0 Å². The van der Waals surface area contributed by atoms with E-state index in [9.17, 15) is 4.79 Å². The molecule has 3 rings (SSSR count). The molecular weight excluding hydrogens is 312 g/mol. The van der Waals surface area contributed by atoms with Crippen LogP contribution < -0.4 is 5.32 Å². The molecule has 5 nitrogen and oxygen atoms in total. The molecule has 0 saturated heterocycles. The van der Waals surface area contributed by atoms with E-state index in [2.05, 4.69) is 46.1 Å². The van der Waals surface area contributed by atoms with Gasteiger partial charge in [-0.1, -0.05) is 6.07 Å². The van der Waals surface area contributed by atoms with Crippen LogP contribution in [-0.2, 0) is 6.54 Å². The minimum absolute atomic E-state index is 0.186. The lowest BCUT2D eigenvalue weighted by molar-refractivity contribution is 0.102. The van der Waals surface area contributed by atoms with Gasteiger partial charge in [0.05, 0.1) is 5.52 Å². The third-order valence-electron chi connectivity index (χ3n) is 4.43. The summed E-state index contributed by atoms with van der Waals surface area (Å²) in [5.41, 5.74) is 4.48. The molecule has 0 unspecified atom stereocenters. The van der Waals surface area contributed by atoms with Gasteiger partial charge in [-0.05, 0) is 68.7 Å². The molecule has 0 radical (unpaired) electrons. The molecule has 0 spiro atoms. The number of carbonyl (C=O) groups excluding carboxylic acids is 1. The summed E-state index contributed by atoms with van der Waals surface area (Å²) in [6.45, 7) is 5.84. The molecule has 0 atom stereocenters. The summed E-state index contributed by atoms with van der Waals surface area (Å²) in [4.78, 5) is 18.9. The van der Waals surface area contributed by atoms with Crippen LogP contribution >= 0.6 is 0 Å². The highest BCUT2D eigenvalue weighted by Gasteiger charge is 2.10. The molecule has 1 N–H and O–H groups in total. The molecule has 5 heteroatoms. The molecule has 0 aliphatic carbocycles. The van der Waals surface area contributed by atoms with E-state index in [0.717, 1.165) is 35.4 Å². The summed E-state index contributed by atoms with van der Waals surface area (Å²) in [5, 5.41) is 4.12. The van der Waals surface area contributed by atoms with Gasteiger partial charge in [-0.3, -0.25) is 9.78 Å². The molecule has 0 aliphatic heterocycles. The smallest absolute Gasteiger partial charge is 0.274 e. The average molecular weight is 336 g/mol. The van der Waals surface area contributed by atoms with Gasteiger partial charge in [0.15, 0.2) is 0 Å². The van der Waals surface area contributed by atoms with Crippen molar-refractivity contribution in [2.45, 2.75) is 20.4 Å². The Kier molecular flexibility index (Phi) is 4.86. The highest BCUT2D eigenvalue weighted by Crippen LogP contribution is 2.21. The number of fused-ring (bicyclic) bond motifs is 1. The largest absolute Gasteiger partial charge is 0.346 e. The van der Waals surface area contributed by atoms with Crippen molar-refractivity contribution in [2.24, 2.45) is 0 Å². The number of pyridine rings is 1. The Morgan fingerprint density at radius 2 is 1.96 bits per heavy atom. The maximum absolute atomic E-state index is 12.5. The number of nitrogens with zero attached hydrogens (tertiary/aromatic N) is 3. The van der Waals surface area contributed by atoms with E-state index in [1.807, 2.05) is 38.1 Å². The second kappa shape index (κ2) is 7.07. The number of anilines is 1. The van der Waals surface area contributed by atoms with Crippen molar-refractivity contribution in [3.05, 3.63) is 59.5 Å². The number of nitrogens with one attached hydrogen (secondary N) is 1. The molecule has 0 fully saturated rings. The van der Waals surface area contributed by atoms with E-state index in [-0.39, 0.29) is 5.91 Å². The lowest BCUT2D eigenvalue weighted by atomic mass is 10.1. The van der Waals surface area contributed by atoms with Gasteiger partial charge in [-0.25, -0.2) is 0 Å². The van der Waals surface area contributed by atoms with Crippen molar-refractivity contribution in [2.75, 3.05) is 26.0 Å². The number of hydrogen-bond donors (Lipinski definition) is 1. The topological polar surface area (TPSA) is 50.2 Å². The summed E-state index contributed by atoms with van der Waals surface area (Å²) in [6, 6.07) is 9.90. The third-order valence-corrected chi connectivity index (χ3v) is 4.43. The lowest BCUT2D eigenvalue weighted by Gasteiger charge is -2.12. The number of likely N-dealkylation sites (N-methyl/N-ethyl adjacent to an activating group) is 1. The summed E-state index contributed by atoms with van der Waals surface area (Å²) in [7, 11) is 4.13. The predicted octanol–water partition coefficient (Wildman–Crippen LogP) is 3.47. The summed E-state index contributed by atoms with van der Waals surface area (Å²) >= 11 is 0. The number of benzene rings is 1. The molecular formula is C20H24N4O. The van der Waals surface area contributed by atoms with E-state index < -0.39 is 0 Å². The Labute approximate surface area is 148 Å². The van der Waals surface area contributed by atoms with Crippen LogP contribution in [0.4, 0.5) is 5.69 Å². The van der Waals surface area contributed by atoms with E-state index >= 15 is 0 Å². The van der Waals surface area contributed by atoms with Crippen molar-refractivity contribution < 1.29 is 4.79 Å². The number of amides is 1. The maximum Gasteiger partial charge on any atom is 0.274 e. The zero-order valence-corrected chi connectivity index (χ0v) is 15.2. The van der Waals surface area contributed by atoms with Gasteiger partial charge in [0, 0.05) is 31.2 Å². The minimum atomic E-state index is -0.186. The predicted molar refractivity (Wildman–Crippen MR) is 102 cm³/mol. The standard InChI is InChI=1S/C20H24N4O/c1-14-11-18(21-13-15(14)2)20(25)22-17-6-5-16-7-8-24(19(16)12-17)10-9-23(3)4/h5-8,11-13H,9-10H2,1-4H3,(H,22,25). The van der Waals surface area contributed by atoms with E-state index in [0.29, 0.717) is 5.69 Å². The highest BCUT2D eigenvalue weighted by molar-refractivity contribution is 6.03. The third kappa shape index (κ3) is 3.88. The zero-order valence-electron chi connectivity index (χ0n) is 15.2. The van der Waals surface area contributed by atoms with Gasteiger partial charge in [0.2, 0.25) is 0 Å². The van der Waals surface area contributed by atoms with Crippen molar-refractivity contribution >= 4 is 22.5 Å². The van der Waals surface area contributed by atoms with Crippen molar-refractivity contribution in [3.8, 4) is 0 Å². The number of carbonyl (C=O) groups is 1. The fourth-order valence-corrected chi connectivity index (χ4v) is 2.71. The molecule has 3 aromatic rings. The molecule has 1 amide bonds. The van der Waals surface area contributed by atoms with Crippen LogP contribution in [0.25, 0.3) is 10.9 Å². The Balaban J connectivity index is 1.82. The van der Waals surface area contributed by atoms with Crippen LogP contribution in [0, 0.1) is 13.8 Å².